The second-order valence-electron chi connectivity index (χ2n) is 5.76. The minimum atomic E-state index is -0.0304. The van der Waals surface area contributed by atoms with Crippen LogP contribution in [0.5, 0.6) is 0 Å². The number of anilines is 2. The van der Waals surface area contributed by atoms with E-state index in [4.69, 9.17) is 0 Å². The van der Waals surface area contributed by atoms with Gasteiger partial charge in [0.15, 0.2) is 0 Å². The van der Waals surface area contributed by atoms with Crippen LogP contribution < -0.4 is 10.2 Å². The van der Waals surface area contributed by atoms with E-state index >= 15 is 0 Å². The zero-order valence-corrected chi connectivity index (χ0v) is 13.0. The van der Waals surface area contributed by atoms with Crippen molar-refractivity contribution in [1.82, 2.24) is 10.3 Å². The molecule has 0 spiro atoms. The molecule has 4 heteroatoms. The topological polar surface area (TPSA) is 45.2 Å². The molecular weight excluding hydrogens is 274 g/mol. The number of aromatic nitrogens is 1. The van der Waals surface area contributed by atoms with Crippen LogP contribution in [0.3, 0.4) is 0 Å². The molecule has 0 bridgehead atoms. The van der Waals surface area contributed by atoms with E-state index in [0.29, 0.717) is 11.6 Å². The summed E-state index contributed by atoms with van der Waals surface area (Å²) in [5.41, 5.74) is 3.89. The third-order valence-corrected chi connectivity index (χ3v) is 3.84. The smallest absolute Gasteiger partial charge is 0.253 e. The van der Waals surface area contributed by atoms with Crippen molar-refractivity contribution in [2.75, 3.05) is 11.4 Å². The lowest BCUT2D eigenvalue weighted by Gasteiger charge is -2.23. The largest absolute Gasteiger partial charge is 0.349 e. The van der Waals surface area contributed by atoms with Gasteiger partial charge in [-0.1, -0.05) is 12.1 Å². The maximum atomic E-state index is 12.2. The van der Waals surface area contributed by atoms with Crippen LogP contribution in [0.15, 0.2) is 42.7 Å². The van der Waals surface area contributed by atoms with Gasteiger partial charge in [-0.2, -0.15) is 0 Å². The molecule has 1 aliphatic rings. The summed E-state index contributed by atoms with van der Waals surface area (Å²) in [5.74, 6) is -0.0304. The van der Waals surface area contributed by atoms with Gasteiger partial charge in [0.2, 0.25) is 0 Å². The van der Waals surface area contributed by atoms with Crippen LogP contribution in [0.4, 0.5) is 11.4 Å². The molecule has 1 N–H and O–H groups in total. The lowest BCUT2D eigenvalue weighted by atomic mass is 10.2. The standard InChI is InChI=1S/C18H21N3O/c1-3-21(16-6-4-5-13(2)9-16)17-10-14(11-19-12-17)18(22)20-15-7-8-15/h4-6,9-12,15H,3,7-8H2,1-2H3,(H,20,22). The molecule has 2 aromatic rings. The first kappa shape index (κ1) is 14.6. The Balaban J connectivity index is 1.87. The van der Waals surface area contributed by atoms with Crippen LogP contribution in [-0.2, 0) is 0 Å². The van der Waals surface area contributed by atoms with E-state index in [0.717, 1.165) is 30.8 Å². The van der Waals surface area contributed by atoms with Gasteiger partial charge in [-0.25, -0.2) is 0 Å². The van der Waals surface area contributed by atoms with Gasteiger partial charge >= 0.3 is 0 Å². The van der Waals surface area contributed by atoms with Crippen molar-refractivity contribution in [2.24, 2.45) is 0 Å². The Labute approximate surface area is 131 Å². The van der Waals surface area contributed by atoms with Crippen LogP contribution in [0.2, 0.25) is 0 Å². The molecule has 1 amide bonds. The summed E-state index contributed by atoms with van der Waals surface area (Å²) in [6.07, 6.45) is 5.61. The van der Waals surface area contributed by atoms with Crippen LogP contribution in [0.1, 0.15) is 35.7 Å². The first-order chi connectivity index (χ1) is 10.7. The number of aryl methyl sites for hydroxylation is 1. The van der Waals surface area contributed by atoms with Crippen molar-refractivity contribution in [3.63, 3.8) is 0 Å². The Morgan fingerprint density at radius 2 is 2.09 bits per heavy atom. The Bertz CT molecular complexity index is 680. The van der Waals surface area contributed by atoms with Crippen molar-refractivity contribution in [3.05, 3.63) is 53.9 Å². The number of rotatable bonds is 5. The average Bonchev–Trinajstić information content (AvgIpc) is 3.32. The molecule has 0 aliphatic heterocycles. The van der Waals surface area contributed by atoms with Gasteiger partial charge < -0.3 is 10.2 Å². The van der Waals surface area contributed by atoms with Crippen molar-refractivity contribution >= 4 is 17.3 Å². The minimum absolute atomic E-state index is 0.0304. The zero-order chi connectivity index (χ0) is 15.5. The Morgan fingerprint density at radius 1 is 1.27 bits per heavy atom. The Morgan fingerprint density at radius 3 is 2.77 bits per heavy atom. The third-order valence-electron chi connectivity index (χ3n) is 3.84. The van der Waals surface area contributed by atoms with E-state index in [1.54, 1.807) is 12.4 Å². The fourth-order valence-electron chi connectivity index (χ4n) is 2.51. The molecule has 1 aliphatic carbocycles. The van der Waals surface area contributed by atoms with Gasteiger partial charge in [-0.3, -0.25) is 9.78 Å². The molecule has 1 heterocycles. The molecule has 1 aromatic heterocycles. The molecular formula is C18H21N3O. The predicted octanol–water partition coefficient (Wildman–Crippen LogP) is 3.44. The number of amides is 1. The molecule has 0 saturated heterocycles. The lowest BCUT2D eigenvalue weighted by molar-refractivity contribution is 0.0950. The maximum absolute atomic E-state index is 12.2. The van der Waals surface area contributed by atoms with E-state index in [1.165, 1.54) is 5.56 Å². The van der Waals surface area contributed by atoms with Gasteiger partial charge in [-0.15, -0.1) is 0 Å². The Kier molecular flexibility index (Phi) is 4.09. The molecule has 0 unspecified atom stereocenters. The van der Waals surface area contributed by atoms with Gasteiger partial charge in [0.1, 0.15) is 0 Å². The van der Waals surface area contributed by atoms with Crippen LogP contribution in [-0.4, -0.2) is 23.5 Å². The van der Waals surface area contributed by atoms with E-state index in [9.17, 15) is 4.79 Å². The molecule has 114 valence electrons. The van der Waals surface area contributed by atoms with Crippen molar-refractivity contribution in [3.8, 4) is 0 Å². The zero-order valence-electron chi connectivity index (χ0n) is 13.0. The van der Waals surface area contributed by atoms with Crippen molar-refractivity contribution in [1.29, 1.82) is 0 Å². The minimum Gasteiger partial charge on any atom is -0.349 e. The molecule has 1 saturated carbocycles. The number of hydrogen-bond donors (Lipinski definition) is 1. The summed E-state index contributed by atoms with van der Waals surface area (Å²) in [5, 5.41) is 3.01. The molecule has 3 rings (SSSR count). The summed E-state index contributed by atoms with van der Waals surface area (Å²) in [6.45, 7) is 4.99. The number of nitrogens with zero attached hydrogens (tertiary/aromatic N) is 2. The van der Waals surface area contributed by atoms with Gasteiger partial charge in [0.05, 0.1) is 17.4 Å². The summed E-state index contributed by atoms with van der Waals surface area (Å²) in [7, 11) is 0. The number of pyridine rings is 1. The fourth-order valence-corrected chi connectivity index (χ4v) is 2.51. The molecule has 4 nitrogen and oxygen atoms in total. The molecule has 0 atom stereocenters. The quantitative estimate of drug-likeness (QED) is 0.919. The second-order valence-corrected chi connectivity index (χ2v) is 5.76. The molecule has 1 fully saturated rings. The van der Waals surface area contributed by atoms with Gasteiger partial charge in [0.25, 0.3) is 5.91 Å². The number of benzene rings is 1. The highest BCUT2D eigenvalue weighted by molar-refractivity contribution is 5.95. The number of carbonyl (C=O) groups excluding carboxylic acids is 1. The van der Waals surface area contributed by atoms with Crippen LogP contribution in [0, 0.1) is 6.92 Å². The Hall–Kier alpha value is -2.36. The summed E-state index contributed by atoms with van der Waals surface area (Å²) in [4.78, 5) is 18.6. The average molecular weight is 295 g/mol. The monoisotopic (exact) mass is 295 g/mol. The molecule has 1 aromatic carbocycles. The fraction of sp³-hybridized carbons (Fsp3) is 0.333. The first-order valence-corrected chi connectivity index (χ1v) is 7.77. The van der Waals surface area contributed by atoms with E-state index in [2.05, 4.69) is 47.2 Å². The molecule has 0 radical (unpaired) electrons. The van der Waals surface area contributed by atoms with Crippen molar-refractivity contribution < 1.29 is 4.79 Å². The number of nitrogens with one attached hydrogen (secondary N) is 1. The normalized spacial score (nSPS) is 13.7. The highest BCUT2D eigenvalue weighted by atomic mass is 16.1. The van der Waals surface area contributed by atoms with Gasteiger partial charge in [-0.05, 0) is 50.5 Å². The van der Waals surface area contributed by atoms with Crippen molar-refractivity contribution in [2.45, 2.75) is 32.7 Å². The highest BCUT2D eigenvalue weighted by Gasteiger charge is 2.24. The van der Waals surface area contributed by atoms with E-state index in [1.807, 2.05) is 12.1 Å². The first-order valence-electron chi connectivity index (χ1n) is 7.77. The van der Waals surface area contributed by atoms with E-state index in [-0.39, 0.29) is 5.91 Å². The summed E-state index contributed by atoms with van der Waals surface area (Å²) >= 11 is 0. The van der Waals surface area contributed by atoms with E-state index < -0.39 is 0 Å². The van der Waals surface area contributed by atoms with Crippen LogP contribution >= 0.6 is 0 Å². The molecule has 22 heavy (non-hydrogen) atoms. The lowest BCUT2D eigenvalue weighted by Crippen LogP contribution is -2.26. The summed E-state index contributed by atoms with van der Waals surface area (Å²) < 4.78 is 0. The number of hydrogen-bond acceptors (Lipinski definition) is 3. The third kappa shape index (κ3) is 3.27. The SMILES string of the molecule is CCN(c1cccc(C)c1)c1cncc(C(=O)NC2CC2)c1. The maximum Gasteiger partial charge on any atom is 0.253 e. The number of carbonyl (C=O) groups is 1. The second kappa shape index (κ2) is 6.18. The highest BCUT2D eigenvalue weighted by Crippen LogP contribution is 2.26. The van der Waals surface area contributed by atoms with Crippen LogP contribution in [0.25, 0.3) is 0 Å². The predicted molar refractivity (Wildman–Crippen MR) is 88.6 cm³/mol. The summed E-state index contributed by atoms with van der Waals surface area (Å²) in [6, 6.07) is 10.6. The van der Waals surface area contributed by atoms with Gasteiger partial charge in [0, 0.05) is 24.5 Å².